The van der Waals surface area contributed by atoms with Gasteiger partial charge < -0.3 is 5.73 Å². The van der Waals surface area contributed by atoms with Gasteiger partial charge in [-0.05, 0) is 52.8 Å². The third-order valence-corrected chi connectivity index (χ3v) is 7.26. The highest BCUT2D eigenvalue weighted by Crippen LogP contribution is 2.30. The summed E-state index contributed by atoms with van der Waals surface area (Å²) >= 11 is 5.09. The first-order valence-corrected chi connectivity index (χ1v) is 9.71. The molecular formula is C12H19BrN2O2S2. The van der Waals surface area contributed by atoms with Crippen LogP contribution >= 0.6 is 27.3 Å². The number of rotatable bonds is 4. The van der Waals surface area contributed by atoms with Crippen molar-refractivity contribution in [3.05, 3.63) is 20.8 Å². The van der Waals surface area contributed by atoms with E-state index in [0.717, 1.165) is 16.8 Å². The zero-order valence-corrected chi connectivity index (χ0v) is 14.2. The molecule has 0 saturated carbocycles. The lowest BCUT2D eigenvalue weighted by Crippen LogP contribution is -2.58. The number of nitrogens with zero attached hydrogens (tertiary/aromatic N) is 1. The molecule has 1 unspecified atom stereocenters. The number of hydrogen-bond donors (Lipinski definition) is 1. The molecule has 0 bridgehead atoms. The van der Waals surface area contributed by atoms with Crippen LogP contribution in [0, 0.1) is 0 Å². The summed E-state index contributed by atoms with van der Waals surface area (Å²) in [5.41, 5.74) is 6.69. The normalized spacial score (nSPS) is 26.7. The fraction of sp³-hybridized carbons (Fsp3) is 0.667. The second-order valence-corrected chi connectivity index (χ2v) is 9.71. The number of thiophene rings is 1. The molecule has 1 atom stereocenters. The smallest absolute Gasteiger partial charge is 0.152 e. The molecule has 108 valence electrons. The Bertz CT molecular complexity index is 544. The molecule has 1 fully saturated rings. The van der Waals surface area contributed by atoms with Crippen molar-refractivity contribution in [2.75, 3.05) is 25.1 Å². The van der Waals surface area contributed by atoms with Crippen LogP contribution in [0.25, 0.3) is 0 Å². The summed E-state index contributed by atoms with van der Waals surface area (Å²) in [6.07, 6.45) is 1.56. The molecule has 0 radical (unpaired) electrons. The molecule has 2 rings (SSSR count). The Hall–Kier alpha value is 0.0500. The number of halogens is 1. The van der Waals surface area contributed by atoms with Crippen molar-refractivity contribution in [3.63, 3.8) is 0 Å². The van der Waals surface area contributed by atoms with Gasteiger partial charge in [0, 0.05) is 18.6 Å². The molecule has 2 heterocycles. The van der Waals surface area contributed by atoms with Gasteiger partial charge in [0.1, 0.15) is 0 Å². The molecule has 1 saturated heterocycles. The first kappa shape index (κ1) is 15.4. The standard InChI is InChI=1S/C12H19BrN2O2S2/c1-15(6-10-5-11(13)18-7-10)12(8-14)3-2-4-19(16,17)9-12/h5,7H,2-4,6,8-9,14H2,1H3. The second kappa shape index (κ2) is 5.81. The predicted octanol–water partition coefficient (Wildman–Crippen LogP) is 1.85. The molecule has 2 N–H and O–H groups in total. The topological polar surface area (TPSA) is 63.4 Å². The highest BCUT2D eigenvalue weighted by molar-refractivity contribution is 9.11. The fourth-order valence-electron chi connectivity index (χ4n) is 2.66. The molecule has 19 heavy (non-hydrogen) atoms. The van der Waals surface area contributed by atoms with Crippen molar-refractivity contribution in [3.8, 4) is 0 Å². The van der Waals surface area contributed by atoms with Gasteiger partial charge in [0.2, 0.25) is 0 Å². The lowest BCUT2D eigenvalue weighted by atomic mass is 9.93. The monoisotopic (exact) mass is 366 g/mol. The Morgan fingerprint density at radius 3 is 2.84 bits per heavy atom. The maximum Gasteiger partial charge on any atom is 0.152 e. The van der Waals surface area contributed by atoms with Crippen LogP contribution in [0.2, 0.25) is 0 Å². The third kappa shape index (κ3) is 3.58. The van der Waals surface area contributed by atoms with Gasteiger partial charge in [-0.25, -0.2) is 8.42 Å². The number of nitrogens with two attached hydrogens (primary N) is 1. The quantitative estimate of drug-likeness (QED) is 0.882. The molecule has 4 nitrogen and oxygen atoms in total. The molecule has 0 aliphatic carbocycles. The van der Waals surface area contributed by atoms with E-state index in [-0.39, 0.29) is 5.75 Å². The fourth-order valence-corrected chi connectivity index (χ4v) is 5.89. The molecule has 1 aliphatic rings. The summed E-state index contributed by atoms with van der Waals surface area (Å²) in [5.74, 6) is 0.477. The molecule has 1 aliphatic heterocycles. The summed E-state index contributed by atoms with van der Waals surface area (Å²) in [6.45, 7) is 1.11. The van der Waals surface area contributed by atoms with Crippen molar-refractivity contribution in [2.45, 2.75) is 24.9 Å². The minimum absolute atomic E-state index is 0.179. The SMILES string of the molecule is CN(Cc1csc(Br)c1)C1(CN)CCCS(=O)(=O)C1. The molecule has 1 aromatic heterocycles. The second-order valence-electron chi connectivity index (χ2n) is 5.24. The summed E-state index contributed by atoms with van der Waals surface area (Å²) in [6, 6.07) is 2.07. The number of hydrogen-bond acceptors (Lipinski definition) is 5. The van der Waals surface area contributed by atoms with Gasteiger partial charge in [-0.2, -0.15) is 0 Å². The molecule has 0 spiro atoms. The van der Waals surface area contributed by atoms with Gasteiger partial charge in [-0.3, -0.25) is 4.90 Å². The molecule has 0 amide bonds. The van der Waals surface area contributed by atoms with Gasteiger partial charge in [-0.1, -0.05) is 0 Å². The summed E-state index contributed by atoms with van der Waals surface area (Å²) in [7, 11) is -0.991. The van der Waals surface area contributed by atoms with Crippen molar-refractivity contribution < 1.29 is 8.42 Å². The Labute approximate surface area is 127 Å². The van der Waals surface area contributed by atoms with Crippen LogP contribution < -0.4 is 5.73 Å². The molecule has 7 heteroatoms. The maximum absolute atomic E-state index is 11.9. The largest absolute Gasteiger partial charge is 0.329 e. The zero-order valence-electron chi connectivity index (χ0n) is 10.9. The average Bonchev–Trinajstić information content (AvgIpc) is 2.73. The van der Waals surface area contributed by atoms with E-state index >= 15 is 0 Å². The highest BCUT2D eigenvalue weighted by Gasteiger charge is 2.41. The molecule has 1 aromatic rings. The van der Waals surface area contributed by atoms with Gasteiger partial charge in [0.25, 0.3) is 0 Å². The minimum atomic E-state index is -2.96. The molecular weight excluding hydrogens is 348 g/mol. The number of sulfone groups is 1. The van der Waals surface area contributed by atoms with E-state index in [0.29, 0.717) is 18.7 Å². The Balaban J connectivity index is 2.16. The summed E-state index contributed by atoms with van der Waals surface area (Å²) < 4.78 is 24.9. The van der Waals surface area contributed by atoms with E-state index in [2.05, 4.69) is 32.3 Å². The predicted molar refractivity (Wildman–Crippen MR) is 83.2 cm³/mol. The minimum Gasteiger partial charge on any atom is -0.329 e. The van der Waals surface area contributed by atoms with Crippen LogP contribution in [-0.2, 0) is 16.4 Å². The van der Waals surface area contributed by atoms with Crippen LogP contribution in [0.3, 0.4) is 0 Å². The van der Waals surface area contributed by atoms with Gasteiger partial charge in [0.15, 0.2) is 9.84 Å². The van der Waals surface area contributed by atoms with Crippen molar-refractivity contribution in [1.29, 1.82) is 0 Å². The van der Waals surface area contributed by atoms with Crippen LogP contribution in [0.4, 0.5) is 0 Å². The van der Waals surface area contributed by atoms with Crippen LogP contribution in [0.5, 0.6) is 0 Å². The van der Waals surface area contributed by atoms with Gasteiger partial charge >= 0.3 is 0 Å². The van der Waals surface area contributed by atoms with E-state index in [1.165, 1.54) is 5.56 Å². The molecule has 0 aromatic carbocycles. The van der Waals surface area contributed by atoms with Crippen molar-refractivity contribution >= 4 is 37.1 Å². The lowest BCUT2D eigenvalue weighted by Gasteiger charge is -2.43. The van der Waals surface area contributed by atoms with E-state index in [1.807, 2.05) is 7.05 Å². The van der Waals surface area contributed by atoms with Crippen LogP contribution in [0.15, 0.2) is 15.2 Å². The van der Waals surface area contributed by atoms with E-state index in [9.17, 15) is 8.42 Å². The van der Waals surface area contributed by atoms with Crippen LogP contribution in [0.1, 0.15) is 18.4 Å². The first-order chi connectivity index (χ1) is 8.87. The Morgan fingerprint density at radius 2 is 2.32 bits per heavy atom. The Kier molecular flexibility index (Phi) is 4.72. The van der Waals surface area contributed by atoms with Crippen molar-refractivity contribution in [1.82, 2.24) is 4.90 Å². The third-order valence-electron chi connectivity index (χ3n) is 3.82. The average molecular weight is 367 g/mol. The first-order valence-electron chi connectivity index (χ1n) is 6.22. The summed E-state index contributed by atoms with van der Waals surface area (Å²) in [4.78, 5) is 2.11. The van der Waals surface area contributed by atoms with E-state index in [4.69, 9.17) is 5.73 Å². The van der Waals surface area contributed by atoms with E-state index < -0.39 is 15.4 Å². The summed E-state index contributed by atoms with van der Waals surface area (Å²) in [5, 5.41) is 2.09. The lowest BCUT2D eigenvalue weighted by molar-refractivity contribution is 0.124. The number of likely N-dealkylation sites (N-methyl/N-ethyl adjacent to an activating group) is 1. The maximum atomic E-state index is 11.9. The Morgan fingerprint density at radius 1 is 1.58 bits per heavy atom. The van der Waals surface area contributed by atoms with Gasteiger partial charge in [-0.15, -0.1) is 11.3 Å². The highest BCUT2D eigenvalue weighted by atomic mass is 79.9. The van der Waals surface area contributed by atoms with E-state index in [1.54, 1.807) is 11.3 Å². The van der Waals surface area contributed by atoms with Gasteiger partial charge in [0.05, 0.1) is 15.3 Å². The van der Waals surface area contributed by atoms with Crippen LogP contribution in [-0.4, -0.2) is 44.0 Å². The zero-order chi connectivity index (χ0) is 14.1. The van der Waals surface area contributed by atoms with Crippen molar-refractivity contribution in [2.24, 2.45) is 5.73 Å².